The minimum atomic E-state index is 0.385. The van der Waals surface area contributed by atoms with Gasteiger partial charge >= 0.3 is 0 Å². The number of likely N-dealkylation sites (tertiary alicyclic amines) is 1. The van der Waals surface area contributed by atoms with E-state index in [1.807, 2.05) is 0 Å². The van der Waals surface area contributed by atoms with Crippen molar-refractivity contribution in [2.75, 3.05) is 33.8 Å². The van der Waals surface area contributed by atoms with E-state index in [-0.39, 0.29) is 0 Å². The van der Waals surface area contributed by atoms with E-state index in [9.17, 15) is 0 Å². The standard InChI is InChI=1S/C8H18N2O/c1-10-4-3-8(11-2)7(5-9)6-10/h7-8H,3-6,9H2,1-2H3. The van der Waals surface area contributed by atoms with Crippen LogP contribution in [0.5, 0.6) is 0 Å². The zero-order chi connectivity index (χ0) is 8.27. The van der Waals surface area contributed by atoms with Gasteiger partial charge in [0.05, 0.1) is 6.10 Å². The first-order chi connectivity index (χ1) is 5.27. The predicted molar refractivity (Wildman–Crippen MR) is 45.5 cm³/mol. The lowest BCUT2D eigenvalue weighted by atomic mass is 9.95. The van der Waals surface area contributed by atoms with Gasteiger partial charge < -0.3 is 15.4 Å². The van der Waals surface area contributed by atoms with Crippen molar-refractivity contribution in [2.24, 2.45) is 11.7 Å². The number of hydrogen-bond acceptors (Lipinski definition) is 3. The Morgan fingerprint density at radius 1 is 1.64 bits per heavy atom. The Morgan fingerprint density at radius 2 is 2.36 bits per heavy atom. The van der Waals surface area contributed by atoms with E-state index in [0.717, 1.165) is 26.1 Å². The Morgan fingerprint density at radius 3 is 2.91 bits per heavy atom. The molecule has 0 radical (unpaired) electrons. The van der Waals surface area contributed by atoms with E-state index in [2.05, 4.69) is 11.9 Å². The summed E-state index contributed by atoms with van der Waals surface area (Å²) in [6.45, 7) is 2.95. The van der Waals surface area contributed by atoms with E-state index in [1.165, 1.54) is 0 Å². The van der Waals surface area contributed by atoms with Crippen LogP contribution in [0.25, 0.3) is 0 Å². The third-order valence-corrected chi connectivity index (χ3v) is 2.47. The molecule has 0 saturated carbocycles. The highest BCUT2D eigenvalue weighted by Gasteiger charge is 2.25. The van der Waals surface area contributed by atoms with Crippen LogP contribution < -0.4 is 5.73 Å². The fourth-order valence-corrected chi connectivity index (χ4v) is 1.73. The molecule has 0 aromatic carbocycles. The molecule has 0 amide bonds. The van der Waals surface area contributed by atoms with Crippen molar-refractivity contribution in [3.63, 3.8) is 0 Å². The van der Waals surface area contributed by atoms with Crippen LogP contribution in [0.3, 0.4) is 0 Å². The largest absolute Gasteiger partial charge is 0.381 e. The summed E-state index contributed by atoms with van der Waals surface area (Å²) in [6, 6.07) is 0. The first-order valence-corrected chi connectivity index (χ1v) is 4.19. The molecule has 2 unspecified atom stereocenters. The second-order valence-corrected chi connectivity index (χ2v) is 3.32. The molecule has 11 heavy (non-hydrogen) atoms. The molecule has 1 fully saturated rings. The number of nitrogens with zero attached hydrogens (tertiary/aromatic N) is 1. The molecule has 1 rings (SSSR count). The zero-order valence-corrected chi connectivity index (χ0v) is 7.42. The van der Waals surface area contributed by atoms with Crippen molar-refractivity contribution in [1.82, 2.24) is 4.90 Å². The maximum Gasteiger partial charge on any atom is 0.0636 e. The van der Waals surface area contributed by atoms with Gasteiger partial charge in [-0.2, -0.15) is 0 Å². The van der Waals surface area contributed by atoms with Crippen LogP contribution in [0, 0.1) is 5.92 Å². The molecule has 0 aromatic heterocycles. The smallest absolute Gasteiger partial charge is 0.0636 e. The Hall–Kier alpha value is -0.120. The summed E-state index contributed by atoms with van der Waals surface area (Å²) in [5.41, 5.74) is 5.62. The van der Waals surface area contributed by atoms with Crippen molar-refractivity contribution < 1.29 is 4.74 Å². The molecule has 2 atom stereocenters. The molecule has 0 spiro atoms. The van der Waals surface area contributed by atoms with E-state index < -0.39 is 0 Å². The highest BCUT2D eigenvalue weighted by atomic mass is 16.5. The predicted octanol–water partition coefficient (Wildman–Crippen LogP) is -0.0882. The molecule has 0 bridgehead atoms. The number of piperidine rings is 1. The first kappa shape index (κ1) is 8.97. The topological polar surface area (TPSA) is 38.5 Å². The first-order valence-electron chi connectivity index (χ1n) is 4.19. The van der Waals surface area contributed by atoms with Crippen LogP contribution in [-0.2, 0) is 4.74 Å². The third kappa shape index (κ3) is 2.15. The fourth-order valence-electron chi connectivity index (χ4n) is 1.73. The Balaban J connectivity index is 2.41. The molecule has 1 heterocycles. The summed E-state index contributed by atoms with van der Waals surface area (Å²) < 4.78 is 5.34. The lowest BCUT2D eigenvalue weighted by Crippen LogP contribution is -2.45. The third-order valence-electron chi connectivity index (χ3n) is 2.47. The number of rotatable bonds is 2. The highest BCUT2D eigenvalue weighted by molar-refractivity contribution is 4.79. The molecule has 0 aromatic rings. The molecule has 3 heteroatoms. The van der Waals surface area contributed by atoms with E-state index >= 15 is 0 Å². The van der Waals surface area contributed by atoms with Gasteiger partial charge in [0.2, 0.25) is 0 Å². The zero-order valence-electron chi connectivity index (χ0n) is 7.42. The van der Waals surface area contributed by atoms with Crippen molar-refractivity contribution in [1.29, 1.82) is 0 Å². The average molecular weight is 158 g/mol. The van der Waals surface area contributed by atoms with Crippen molar-refractivity contribution >= 4 is 0 Å². The van der Waals surface area contributed by atoms with Gasteiger partial charge in [-0.1, -0.05) is 0 Å². The van der Waals surface area contributed by atoms with Gasteiger partial charge in [0.25, 0.3) is 0 Å². The number of hydrogen-bond donors (Lipinski definition) is 1. The Labute approximate surface area is 68.5 Å². The van der Waals surface area contributed by atoms with Gasteiger partial charge in [0, 0.05) is 26.1 Å². The summed E-state index contributed by atoms with van der Waals surface area (Å²) in [4.78, 5) is 2.31. The van der Waals surface area contributed by atoms with Crippen LogP contribution in [0.15, 0.2) is 0 Å². The summed E-state index contributed by atoms with van der Waals surface area (Å²) >= 11 is 0. The molecule has 1 aliphatic rings. The summed E-state index contributed by atoms with van der Waals surface area (Å²) in [6.07, 6.45) is 1.51. The van der Waals surface area contributed by atoms with Crippen LogP contribution >= 0.6 is 0 Å². The van der Waals surface area contributed by atoms with E-state index in [1.54, 1.807) is 7.11 Å². The van der Waals surface area contributed by atoms with E-state index in [0.29, 0.717) is 12.0 Å². The van der Waals surface area contributed by atoms with Crippen molar-refractivity contribution in [2.45, 2.75) is 12.5 Å². The monoisotopic (exact) mass is 158 g/mol. The second-order valence-electron chi connectivity index (χ2n) is 3.32. The normalized spacial score (nSPS) is 34.1. The molecular formula is C8H18N2O. The van der Waals surface area contributed by atoms with Gasteiger partial charge in [-0.3, -0.25) is 0 Å². The summed E-state index contributed by atoms with van der Waals surface area (Å²) in [5, 5.41) is 0. The average Bonchev–Trinajstić information content (AvgIpc) is 2.04. The lowest BCUT2D eigenvalue weighted by molar-refractivity contribution is 0.00387. The van der Waals surface area contributed by atoms with Gasteiger partial charge in [-0.05, 0) is 20.0 Å². The minimum absolute atomic E-state index is 0.385. The fraction of sp³-hybridized carbons (Fsp3) is 1.00. The molecule has 0 aliphatic carbocycles. The maximum absolute atomic E-state index is 5.62. The number of ether oxygens (including phenoxy) is 1. The van der Waals surface area contributed by atoms with Gasteiger partial charge in [0.1, 0.15) is 0 Å². The van der Waals surface area contributed by atoms with Crippen LogP contribution in [0.2, 0.25) is 0 Å². The SMILES string of the molecule is COC1CCN(C)CC1CN. The molecule has 66 valence electrons. The second kappa shape index (κ2) is 4.04. The van der Waals surface area contributed by atoms with Gasteiger partial charge in [0.15, 0.2) is 0 Å². The molecule has 2 N–H and O–H groups in total. The van der Waals surface area contributed by atoms with Gasteiger partial charge in [-0.25, -0.2) is 0 Å². The Kier molecular flexibility index (Phi) is 3.30. The minimum Gasteiger partial charge on any atom is -0.381 e. The van der Waals surface area contributed by atoms with Crippen LogP contribution in [-0.4, -0.2) is 44.8 Å². The molecule has 3 nitrogen and oxygen atoms in total. The number of nitrogens with two attached hydrogens (primary N) is 1. The van der Waals surface area contributed by atoms with E-state index in [4.69, 9.17) is 10.5 Å². The van der Waals surface area contributed by atoms with Crippen LogP contribution in [0.4, 0.5) is 0 Å². The van der Waals surface area contributed by atoms with Gasteiger partial charge in [-0.15, -0.1) is 0 Å². The number of methoxy groups -OCH3 is 1. The summed E-state index contributed by atoms with van der Waals surface area (Å²) in [7, 11) is 3.91. The van der Waals surface area contributed by atoms with Crippen molar-refractivity contribution in [3.05, 3.63) is 0 Å². The highest BCUT2D eigenvalue weighted by Crippen LogP contribution is 2.17. The molecular weight excluding hydrogens is 140 g/mol. The summed E-state index contributed by atoms with van der Waals surface area (Å²) in [5.74, 6) is 0.527. The Bertz CT molecular complexity index is 119. The quantitative estimate of drug-likeness (QED) is 0.610. The van der Waals surface area contributed by atoms with Crippen LogP contribution in [0.1, 0.15) is 6.42 Å². The maximum atomic E-state index is 5.62. The molecule has 1 saturated heterocycles. The molecule has 1 aliphatic heterocycles. The lowest BCUT2D eigenvalue weighted by Gasteiger charge is -2.35. The van der Waals surface area contributed by atoms with Crippen molar-refractivity contribution in [3.8, 4) is 0 Å².